The molecular weight excluding hydrogens is 308 g/mol. The van der Waals surface area contributed by atoms with Gasteiger partial charge in [0.2, 0.25) is 6.33 Å². The topological polar surface area (TPSA) is 70.1 Å². The van der Waals surface area contributed by atoms with Gasteiger partial charge in [0, 0.05) is 18.2 Å². The molecule has 0 saturated heterocycles. The van der Waals surface area contributed by atoms with Crippen molar-refractivity contribution in [2.45, 2.75) is 6.42 Å². The highest BCUT2D eigenvalue weighted by molar-refractivity contribution is 5.59. The predicted molar refractivity (Wildman–Crippen MR) is 71.1 cm³/mol. The molecule has 2 aromatic rings. The monoisotopic (exact) mass is 326 g/mol. The Morgan fingerprint density at radius 2 is 2.05 bits per heavy atom. The Balaban J connectivity index is 0.00000180. The molecule has 1 aromatic heterocycles. The number of imidazole rings is 1. The van der Waals surface area contributed by atoms with Gasteiger partial charge in [-0.25, -0.2) is 9.13 Å². The zero-order valence-electron chi connectivity index (χ0n) is 11.1. The molecule has 5 nitrogen and oxygen atoms in total. The lowest BCUT2D eigenvalue weighted by Gasteiger charge is -2.08. The van der Waals surface area contributed by atoms with Crippen LogP contribution in [0.4, 0.5) is 11.4 Å². The Morgan fingerprint density at radius 3 is 2.68 bits per heavy atom. The van der Waals surface area contributed by atoms with Gasteiger partial charge in [0.1, 0.15) is 17.6 Å². The average molecular weight is 327 g/mol. The van der Waals surface area contributed by atoms with Gasteiger partial charge in [0.05, 0.1) is 26.4 Å². The largest absolute Gasteiger partial charge is 1.00 e. The third kappa shape index (κ3) is 3.89. The molecule has 4 N–H and O–H groups in total. The van der Waals surface area contributed by atoms with Crippen molar-refractivity contribution < 1.29 is 26.3 Å². The van der Waals surface area contributed by atoms with Gasteiger partial charge in [-0.2, -0.15) is 0 Å². The van der Waals surface area contributed by atoms with Crippen LogP contribution in [0.25, 0.3) is 0 Å². The van der Waals surface area contributed by atoms with Crippen molar-refractivity contribution in [2.24, 2.45) is 14.1 Å². The van der Waals surface area contributed by atoms with Gasteiger partial charge in [-0.1, -0.05) is 0 Å². The standard InChI is InChI=1S/C13H19N4O.BrH/c1-16-8-11(17(2)9-16)5-6-18-13-7-10(14)3-4-12(13)15;/h3-4,7-9H,5-6,14-15H2,1-2H3;1H/q+1;/p-1. The van der Waals surface area contributed by atoms with Crippen LogP contribution >= 0.6 is 0 Å². The Hall–Kier alpha value is -1.69. The van der Waals surface area contributed by atoms with Gasteiger partial charge in [0.25, 0.3) is 0 Å². The van der Waals surface area contributed by atoms with Crippen molar-refractivity contribution in [1.82, 2.24) is 4.57 Å². The second kappa shape index (κ2) is 6.47. The first kappa shape index (κ1) is 15.4. The van der Waals surface area contributed by atoms with Gasteiger partial charge in [-0.3, -0.25) is 0 Å². The van der Waals surface area contributed by atoms with Crippen LogP contribution in [-0.2, 0) is 20.5 Å². The van der Waals surface area contributed by atoms with E-state index in [9.17, 15) is 0 Å². The molecule has 1 heterocycles. The van der Waals surface area contributed by atoms with Gasteiger partial charge < -0.3 is 33.2 Å². The number of ether oxygens (including phenoxy) is 1. The van der Waals surface area contributed by atoms with Crippen molar-refractivity contribution in [2.75, 3.05) is 18.1 Å². The highest BCUT2D eigenvalue weighted by Gasteiger charge is 2.08. The van der Waals surface area contributed by atoms with Gasteiger partial charge in [0.15, 0.2) is 0 Å². The number of hydrogen-bond donors (Lipinski definition) is 2. The van der Waals surface area contributed by atoms with E-state index in [4.69, 9.17) is 16.2 Å². The van der Waals surface area contributed by atoms with E-state index < -0.39 is 0 Å². The molecule has 0 unspecified atom stereocenters. The third-order valence-corrected chi connectivity index (χ3v) is 2.81. The number of rotatable bonds is 4. The molecule has 0 bridgehead atoms. The zero-order chi connectivity index (χ0) is 13.1. The van der Waals surface area contributed by atoms with Gasteiger partial charge in [-0.15, -0.1) is 0 Å². The second-order valence-electron chi connectivity index (χ2n) is 4.41. The molecule has 0 aliphatic heterocycles. The van der Waals surface area contributed by atoms with Gasteiger partial charge in [-0.05, 0) is 12.1 Å². The summed E-state index contributed by atoms with van der Waals surface area (Å²) in [6.07, 6.45) is 4.92. The number of nitrogens with two attached hydrogens (primary N) is 2. The number of halogens is 1. The van der Waals surface area contributed by atoms with Crippen molar-refractivity contribution in [3.63, 3.8) is 0 Å². The van der Waals surface area contributed by atoms with Crippen LogP contribution in [-0.4, -0.2) is 11.2 Å². The highest BCUT2D eigenvalue weighted by atomic mass is 79.9. The average Bonchev–Trinajstić information content (AvgIpc) is 2.62. The molecule has 19 heavy (non-hydrogen) atoms. The molecule has 0 aliphatic rings. The molecule has 0 saturated carbocycles. The first-order valence-electron chi connectivity index (χ1n) is 5.84. The number of hydrogen-bond acceptors (Lipinski definition) is 3. The van der Waals surface area contributed by atoms with Crippen LogP contribution in [0, 0.1) is 0 Å². The number of nitrogen functional groups attached to an aromatic ring is 2. The van der Waals surface area contributed by atoms with Crippen LogP contribution < -0.4 is 37.8 Å². The zero-order valence-corrected chi connectivity index (χ0v) is 12.7. The summed E-state index contributed by atoms with van der Waals surface area (Å²) in [6.45, 7) is 0.575. The summed E-state index contributed by atoms with van der Waals surface area (Å²) in [4.78, 5) is 0. The minimum atomic E-state index is 0. The number of aryl methyl sites for hydroxylation is 2. The van der Waals surface area contributed by atoms with Crippen LogP contribution in [0.1, 0.15) is 5.69 Å². The normalized spacial score (nSPS) is 10.0. The fourth-order valence-corrected chi connectivity index (χ4v) is 1.89. The second-order valence-corrected chi connectivity index (χ2v) is 4.41. The van der Waals surface area contributed by atoms with Crippen molar-refractivity contribution in [1.29, 1.82) is 0 Å². The Morgan fingerprint density at radius 1 is 1.32 bits per heavy atom. The van der Waals surface area contributed by atoms with E-state index in [1.54, 1.807) is 18.2 Å². The van der Waals surface area contributed by atoms with Crippen molar-refractivity contribution in [3.05, 3.63) is 36.4 Å². The minimum absolute atomic E-state index is 0. The van der Waals surface area contributed by atoms with E-state index in [0.29, 0.717) is 23.7 Å². The summed E-state index contributed by atoms with van der Waals surface area (Å²) in [5.41, 5.74) is 14.0. The maximum Gasteiger partial charge on any atom is 0.243 e. The first-order chi connectivity index (χ1) is 8.56. The third-order valence-electron chi connectivity index (χ3n) is 2.81. The van der Waals surface area contributed by atoms with Crippen LogP contribution in [0.2, 0.25) is 0 Å². The SMILES string of the molecule is Cn1c[n+](C)cc1CCOc1cc(N)ccc1N.[Br-]. The molecule has 0 atom stereocenters. The molecule has 0 fully saturated rings. The highest BCUT2D eigenvalue weighted by Crippen LogP contribution is 2.23. The van der Waals surface area contributed by atoms with Crippen LogP contribution in [0.15, 0.2) is 30.7 Å². The van der Waals surface area contributed by atoms with E-state index in [2.05, 4.69) is 10.8 Å². The summed E-state index contributed by atoms with van der Waals surface area (Å²) in [5.74, 6) is 0.647. The molecular formula is C13H19BrN4O. The van der Waals surface area contributed by atoms with E-state index in [-0.39, 0.29) is 17.0 Å². The van der Waals surface area contributed by atoms with E-state index in [1.807, 2.05) is 25.0 Å². The number of anilines is 2. The number of aromatic nitrogens is 2. The Bertz CT molecular complexity index is 554. The lowest BCUT2D eigenvalue weighted by atomic mass is 10.2. The van der Waals surface area contributed by atoms with Crippen molar-refractivity contribution in [3.8, 4) is 5.75 Å². The molecule has 0 radical (unpaired) electrons. The summed E-state index contributed by atoms with van der Waals surface area (Å²) in [5, 5.41) is 0. The molecule has 0 amide bonds. The Kier molecular flexibility index (Phi) is 5.23. The first-order valence-corrected chi connectivity index (χ1v) is 5.84. The minimum Gasteiger partial charge on any atom is -1.00 e. The fourth-order valence-electron chi connectivity index (χ4n) is 1.89. The summed E-state index contributed by atoms with van der Waals surface area (Å²) < 4.78 is 9.75. The summed E-state index contributed by atoms with van der Waals surface area (Å²) in [7, 11) is 4.02. The molecule has 104 valence electrons. The lowest BCUT2D eigenvalue weighted by molar-refractivity contribution is -0.671. The molecule has 1 aromatic carbocycles. The van der Waals surface area contributed by atoms with E-state index >= 15 is 0 Å². The fraction of sp³-hybridized carbons (Fsp3) is 0.308. The summed E-state index contributed by atoms with van der Waals surface area (Å²) >= 11 is 0. The van der Waals surface area contributed by atoms with E-state index in [0.717, 1.165) is 6.42 Å². The Labute approximate surface area is 123 Å². The van der Waals surface area contributed by atoms with Gasteiger partial charge >= 0.3 is 0 Å². The smallest absolute Gasteiger partial charge is 0.243 e. The maximum atomic E-state index is 5.81. The van der Waals surface area contributed by atoms with Crippen molar-refractivity contribution >= 4 is 11.4 Å². The quantitative estimate of drug-likeness (QED) is 0.488. The predicted octanol–water partition coefficient (Wildman–Crippen LogP) is -2.36. The molecule has 0 aliphatic carbocycles. The van der Waals surface area contributed by atoms with Crippen LogP contribution in [0.3, 0.4) is 0 Å². The lowest BCUT2D eigenvalue weighted by Crippen LogP contribution is -3.00. The number of benzene rings is 1. The summed E-state index contributed by atoms with van der Waals surface area (Å²) in [6, 6.07) is 5.27. The maximum absolute atomic E-state index is 5.81. The molecule has 0 spiro atoms. The molecule has 6 heteroatoms. The number of nitrogens with zero attached hydrogens (tertiary/aromatic N) is 2. The van der Waals surface area contributed by atoms with E-state index in [1.165, 1.54) is 5.69 Å². The molecule has 2 rings (SSSR count). The van der Waals surface area contributed by atoms with Crippen LogP contribution in [0.5, 0.6) is 5.75 Å².